The van der Waals surface area contributed by atoms with Crippen LogP contribution in [0, 0.1) is 11.6 Å². The number of carbonyl (C=O) groups is 1. The molecule has 0 unspecified atom stereocenters. The standard InChI is InChI=1S/C21H23F2NO4/c1-2-28-16-5-3-14(4-6-16)21(7-9-27-10-8-21)13-24-20(26)19-17(23)11-15(22)12-18(19)25/h3-6,11-12,25H,2,7-10,13H2,1H3,(H,24,26). The van der Waals surface area contributed by atoms with E-state index in [2.05, 4.69) is 5.32 Å². The molecule has 3 rings (SSSR count). The van der Waals surface area contributed by atoms with Gasteiger partial charge < -0.3 is 19.9 Å². The molecule has 1 amide bonds. The van der Waals surface area contributed by atoms with E-state index in [1.54, 1.807) is 0 Å². The summed E-state index contributed by atoms with van der Waals surface area (Å²) >= 11 is 0. The number of carbonyl (C=O) groups excluding carboxylic acids is 1. The number of aromatic hydroxyl groups is 1. The molecule has 1 fully saturated rings. The van der Waals surface area contributed by atoms with Gasteiger partial charge in [0.1, 0.15) is 28.7 Å². The first-order valence-electron chi connectivity index (χ1n) is 9.22. The van der Waals surface area contributed by atoms with Gasteiger partial charge in [-0.15, -0.1) is 0 Å². The van der Waals surface area contributed by atoms with Gasteiger partial charge in [0.15, 0.2) is 0 Å². The third-order valence-electron chi connectivity index (χ3n) is 5.08. The summed E-state index contributed by atoms with van der Waals surface area (Å²) < 4.78 is 38.1. The van der Waals surface area contributed by atoms with Gasteiger partial charge in [0.05, 0.1) is 6.61 Å². The van der Waals surface area contributed by atoms with Gasteiger partial charge in [-0.2, -0.15) is 0 Å². The average molecular weight is 391 g/mol. The van der Waals surface area contributed by atoms with Crippen molar-refractivity contribution >= 4 is 5.91 Å². The molecule has 2 aromatic carbocycles. The van der Waals surface area contributed by atoms with Crippen LogP contribution < -0.4 is 10.1 Å². The van der Waals surface area contributed by atoms with E-state index in [-0.39, 0.29) is 12.0 Å². The van der Waals surface area contributed by atoms with Crippen LogP contribution in [0.2, 0.25) is 0 Å². The van der Waals surface area contributed by atoms with Crippen molar-refractivity contribution in [3.63, 3.8) is 0 Å². The summed E-state index contributed by atoms with van der Waals surface area (Å²) in [6.45, 7) is 3.80. The SMILES string of the molecule is CCOc1ccc(C2(CNC(=O)c3c(O)cc(F)cc3F)CCOCC2)cc1. The van der Waals surface area contributed by atoms with E-state index in [0.29, 0.717) is 44.8 Å². The molecular formula is C21H23F2NO4. The minimum atomic E-state index is -1.10. The Morgan fingerprint density at radius 3 is 2.50 bits per heavy atom. The minimum absolute atomic E-state index is 0.236. The summed E-state index contributed by atoms with van der Waals surface area (Å²) in [4.78, 5) is 12.5. The van der Waals surface area contributed by atoms with Crippen LogP contribution in [0.1, 0.15) is 35.7 Å². The van der Waals surface area contributed by atoms with E-state index in [1.165, 1.54) is 0 Å². The average Bonchev–Trinajstić information content (AvgIpc) is 2.67. The van der Waals surface area contributed by atoms with Crippen molar-refractivity contribution in [2.75, 3.05) is 26.4 Å². The zero-order chi connectivity index (χ0) is 20.1. The number of phenolic OH excluding ortho intramolecular Hbond substituents is 1. The number of phenols is 1. The lowest BCUT2D eigenvalue weighted by Crippen LogP contribution is -2.44. The highest BCUT2D eigenvalue weighted by molar-refractivity contribution is 5.97. The molecule has 0 atom stereocenters. The Kier molecular flexibility index (Phi) is 6.14. The highest BCUT2D eigenvalue weighted by Crippen LogP contribution is 2.35. The Morgan fingerprint density at radius 1 is 1.21 bits per heavy atom. The topological polar surface area (TPSA) is 67.8 Å². The first kappa shape index (κ1) is 20.1. The number of benzene rings is 2. The maximum absolute atomic E-state index is 14.0. The minimum Gasteiger partial charge on any atom is -0.507 e. The van der Waals surface area contributed by atoms with E-state index < -0.39 is 28.9 Å². The quantitative estimate of drug-likeness (QED) is 0.790. The van der Waals surface area contributed by atoms with Crippen LogP contribution in [-0.4, -0.2) is 37.4 Å². The van der Waals surface area contributed by atoms with Crippen LogP contribution in [0.15, 0.2) is 36.4 Å². The van der Waals surface area contributed by atoms with Crippen molar-refractivity contribution in [2.24, 2.45) is 0 Å². The molecular weight excluding hydrogens is 368 g/mol. The van der Waals surface area contributed by atoms with E-state index in [1.807, 2.05) is 31.2 Å². The Labute approximate surface area is 162 Å². The second-order valence-electron chi connectivity index (χ2n) is 6.81. The van der Waals surface area contributed by atoms with E-state index >= 15 is 0 Å². The summed E-state index contributed by atoms with van der Waals surface area (Å²) in [5.74, 6) is -2.79. The molecule has 0 aliphatic carbocycles. The molecule has 1 aliphatic heterocycles. The summed E-state index contributed by atoms with van der Waals surface area (Å²) in [5, 5.41) is 12.5. The molecule has 0 saturated carbocycles. The Balaban J connectivity index is 1.80. The van der Waals surface area contributed by atoms with Gasteiger partial charge >= 0.3 is 0 Å². The Morgan fingerprint density at radius 2 is 1.89 bits per heavy atom. The van der Waals surface area contributed by atoms with Gasteiger partial charge in [0.2, 0.25) is 0 Å². The predicted octanol–water partition coefficient (Wildman–Crippen LogP) is 3.55. The fraction of sp³-hybridized carbons (Fsp3) is 0.381. The second kappa shape index (κ2) is 8.56. The van der Waals surface area contributed by atoms with Crippen molar-refractivity contribution in [3.8, 4) is 11.5 Å². The zero-order valence-electron chi connectivity index (χ0n) is 15.6. The highest BCUT2D eigenvalue weighted by Gasteiger charge is 2.35. The Hall–Kier alpha value is -2.67. The maximum atomic E-state index is 14.0. The molecule has 0 spiro atoms. The predicted molar refractivity (Wildman–Crippen MR) is 99.7 cm³/mol. The number of hydrogen-bond acceptors (Lipinski definition) is 4. The molecule has 0 aromatic heterocycles. The van der Waals surface area contributed by atoms with Crippen LogP contribution in [0.4, 0.5) is 8.78 Å². The summed E-state index contributed by atoms with van der Waals surface area (Å²) in [5.41, 5.74) is 0.0729. The van der Waals surface area contributed by atoms with Crippen molar-refractivity contribution in [3.05, 3.63) is 59.2 Å². The number of hydrogen-bond donors (Lipinski definition) is 2. The number of amides is 1. The van der Waals surface area contributed by atoms with E-state index in [0.717, 1.165) is 11.3 Å². The van der Waals surface area contributed by atoms with Crippen molar-refractivity contribution < 1.29 is 28.2 Å². The summed E-state index contributed by atoms with van der Waals surface area (Å²) in [6.07, 6.45) is 1.36. The molecule has 1 aliphatic rings. The first-order valence-corrected chi connectivity index (χ1v) is 9.22. The van der Waals surface area contributed by atoms with Crippen molar-refractivity contribution in [1.82, 2.24) is 5.32 Å². The molecule has 2 N–H and O–H groups in total. The van der Waals surface area contributed by atoms with Gasteiger partial charge in [-0.1, -0.05) is 12.1 Å². The van der Waals surface area contributed by atoms with Crippen LogP contribution in [0.5, 0.6) is 11.5 Å². The third-order valence-corrected chi connectivity index (χ3v) is 5.08. The molecule has 0 radical (unpaired) electrons. The van der Waals surface area contributed by atoms with Crippen LogP contribution in [0.25, 0.3) is 0 Å². The van der Waals surface area contributed by atoms with E-state index in [4.69, 9.17) is 9.47 Å². The number of ether oxygens (including phenoxy) is 2. The maximum Gasteiger partial charge on any atom is 0.258 e. The van der Waals surface area contributed by atoms with Gasteiger partial charge in [-0.3, -0.25) is 4.79 Å². The van der Waals surface area contributed by atoms with Crippen LogP contribution in [-0.2, 0) is 10.2 Å². The number of rotatable bonds is 6. The lowest BCUT2D eigenvalue weighted by molar-refractivity contribution is 0.0486. The molecule has 7 heteroatoms. The highest BCUT2D eigenvalue weighted by atomic mass is 19.1. The molecule has 1 heterocycles. The fourth-order valence-electron chi connectivity index (χ4n) is 3.52. The molecule has 150 valence electrons. The molecule has 28 heavy (non-hydrogen) atoms. The number of nitrogens with one attached hydrogen (secondary N) is 1. The first-order chi connectivity index (χ1) is 13.4. The van der Waals surface area contributed by atoms with E-state index in [9.17, 15) is 18.7 Å². The number of halogens is 2. The second-order valence-corrected chi connectivity index (χ2v) is 6.81. The third kappa shape index (κ3) is 4.25. The zero-order valence-corrected chi connectivity index (χ0v) is 15.6. The summed E-state index contributed by atoms with van der Waals surface area (Å²) in [7, 11) is 0. The molecule has 1 saturated heterocycles. The monoisotopic (exact) mass is 391 g/mol. The fourth-order valence-corrected chi connectivity index (χ4v) is 3.52. The lowest BCUT2D eigenvalue weighted by Gasteiger charge is -2.38. The van der Waals surface area contributed by atoms with Crippen LogP contribution >= 0.6 is 0 Å². The van der Waals surface area contributed by atoms with Crippen LogP contribution in [0.3, 0.4) is 0 Å². The van der Waals surface area contributed by atoms with Gasteiger partial charge in [-0.05, 0) is 37.5 Å². The van der Waals surface area contributed by atoms with Gasteiger partial charge in [0, 0.05) is 37.3 Å². The van der Waals surface area contributed by atoms with Crippen molar-refractivity contribution in [2.45, 2.75) is 25.2 Å². The molecule has 0 bridgehead atoms. The largest absolute Gasteiger partial charge is 0.507 e. The Bertz CT molecular complexity index is 810. The van der Waals surface area contributed by atoms with Gasteiger partial charge in [0.25, 0.3) is 5.91 Å². The van der Waals surface area contributed by atoms with Gasteiger partial charge in [-0.25, -0.2) is 8.78 Å². The van der Waals surface area contributed by atoms with Crippen molar-refractivity contribution in [1.29, 1.82) is 0 Å². The normalized spacial score (nSPS) is 15.8. The molecule has 5 nitrogen and oxygen atoms in total. The molecule has 2 aromatic rings. The summed E-state index contributed by atoms with van der Waals surface area (Å²) in [6, 6.07) is 8.96. The smallest absolute Gasteiger partial charge is 0.258 e. The lowest BCUT2D eigenvalue weighted by atomic mass is 9.74.